The summed E-state index contributed by atoms with van der Waals surface area (Å²) in [5.74, 6) is 2.46. The van der Waals surface area contributed by atoms with Crippen molar-refractivity contribution in [1.82, 2.24) is 0 Å². The van der Waals surface area contributed by atoms with Crippen molar-refractivity contribution in [2.45, 2.75) is 39.2 Å². The fourth-order valence-corrected chi connectivity index (χ4v) is 4.78. The molecule has 1 aliphatic rings. The van der Waals surface area contributed by atoms with Crippen molar-refractivity contribution in [3.05, 3.63) is 75.8 Å². The molecule has 0 aromatic heterocycles. The second-order valence-corrected chi connectivity index (χ2v) is 8.99. The number of carbonyl (C=O) groups is 1. The minimum Gasteiger partial charge on any atom is -0.493 e. The molecule has 4 rings (SSSR count). The maximum atomic E-state index is 11.4. The highest BCUT2D eigenvalue weighted by Crippen LogP contribution is 2.43. The minimum absolute atomic E-state index is 0.132. The number of fused-ring (bicyclic) bond motifs is 1. The molecule has 0 fully saturated rings. The Morgan fingerprint density at radius 3 is 2.59 bits per heavy atom. The van der Waals surface area contributed by atoms with Gasteiger partial charge in [-0.15, -0.1) is 11.6 Å². The number of aldehydes is 1. The summed E-state index contributed by atoms with van der Waals surface area (Å²) < 4.78 is 17.9. The Kier molecular flexibility index (Phi) is 8.02. The molecule has 6 heteroatoms. The Balaban J connectivity index is 1.64. The monoisotopic (exact) mass is 498 g/mol. The first-order chi connectivity index (χ1) is 16.6. The third kappa shape index (κ3) is 5.03. The number of alkyl halides is 1. The molecule has 0 amide bonds. The molecule has 0 saturated heterocycles. The maximum Gasteiger partial charge on any atom is 0.153 e. The van der Waals surface area contributed by atoms with Crippen LogP contribution in [0.5, 0.6) is 17.2 Å². The molecule has 178 valence electrons. The van der Waals surface area contributed by atoms with Gasteiger partial charge in [0.15, 0.2) is 6.29 Å². The molecule has 34 heavy (non-hydrogen) atoms. The topological polar surface area (TPSA) is 44.8 Å². The molecule has 0 saturated carbocycles. The van der Waals surface area contributed by atoms with Crippen molar-refractivity contribution in [1.29, 1.82) is 0 Å². The number of carbonyl (C=O) groups excluding carboxylic acids is 1. The zero-order valence-corrected chi connectivity index (χ0v) is 20.9. The molecule has 0 radical (unpaired) electrons. The number of ether oxygens (including phenoxy) is 3. The van der Waals surface area contributed by atoms with Crippen LogP contribution >= 0.6 is 23.2 Å². The van der Waals surface area contributed by atoms with Crippen LogP contribution in [0.3, 0.4) is 0 Å². The summed E-state index contributed by atoms with van der Waals surface area (Å²) in [5, 5.41) is 0.396. The minimum atomic E-state index is -0.132. The average Bonchev–Trinajstić information content (AvgIpc) is 3.25. The van der Waals surface area contributed by atoms with Gasteiger partial charge < -0.3 is 14.2 Å². The summed E-state index contributed by atoms with van der Waals surface area (Å²) in [6.07, 6.45) is 3.16. The molecule has 0 bridgehead atoms. The first-order valence-corrected chi connectivity index (χ1v) is 12.5. The molecule has 0 spiro atoms. The van der Waals surface area contributed by atoms with Gasteiger partial charge in [0.25, 0.3) is 0 Å². The first kappa shape index (κ1) is 24.4. The van der Waals surface area contributed by atoms with Crippen molar-refractivity contribution >= 4 is 29.5 Å². The Morgan fingerprint density at radius 1 is 1.03 bits per heavy atom. The van der Waals surface area contributed by atoms with Gasteiger partial charge in [-0.3, -0.25) is 4.79 Å². The van der Waals surface area contributed by atoms with Crippen molar-refractivity contribution in [3.63, 3.8) is 0 Å². The summed E-state index contributed by atoms with van der Waals surface area (Å²) in [4.78, 5) is 11.4. The van der Waals surface area contributed by atoms with E-state index in [0.717, 1.165) is 48.0 Å². The van der Waals surface area contributed by atoms with Gasteiger partial charge in [0, 0.05) is 11.9 Å². The highest BCUT2D eigenvalue weighted by Gasteiger charge is 2.28. The largest absolute Gasteiger partial charge is 0.493 e. The van der Waals surface area contributed by atoms with Gasteiger partial charge in [-0.2, -0.15) is 0 Å². The van der Waals surface area contributed by atoms with Crippen molar-refractivity contribution in [3.8, 4) is 28.4 Å². The van der Waals surface area contributed by atoms with Crippen LogP contribution in [-0.2, 0) is 6.42 Å². The molecule has 0 heterocycles. The molecule has 1 aliphatic carbocycles. The van der Waals surface area contributed by atoms with Gasteiger partial charge in [0.1, 0.15) is 23.4 Å². The average molecular weight is 499 g/mol. The summed E-state index contributed by atoms with van der Waals surface area (Å²) >= 11 is 12.2. The molecule has 1 unspecified atom stereocenters. The van der Waals surface area contributed by atoms with Crippen molar-refractivity contribution in [2.24, 2.45) is 0 Å². The summed E-state index contributed by atoms with van der Waals surface area (Å²) in [7, 11) is 0. The van der Waals surface area contributed by atoms with Crippen molar-refractivity contribution < 1.29 is 19.0 Å². The van der Waals surface area contributed by atoms with Gasteiger partial charge in [0.2, 0.25) is 0 Å². The zero-order chi connectivity index (χ0) is 24.1. The summed E-state index contributed by atoms with van der Waals surface area (Å²) in [6, 6.07) is 15.8. The smallest absolute Gasteiger partial charge is 0.153 e. The van der Waals surface area contributed by atoms with E-state index < -0.39 is 0 Å². The van der Waals surface area contributed by atoms with Gasteiger partial charge in [0.05, 0.1) is 23.8 Å². The molecule has 3 aromatic rings. The van der Waals surface area contributed by atoms with Crippen LogP contribution in [0.25, 0.3) is 11.1 Å². The summed E-state index contributed by atoms with van der Waals surface area (Å²) in [5.41, 5.74) is 6.31. The van der Waals surface area contributed by atoms with Crippen LogP contribution in [0.2, 0.25) is 5.02 Å². The number of hydrogen-bond donors (Lipinski definition) is 0. The lowest BCUT2D eigenvalue weighted by molar-refractivity contribution is 0.111. The molecule has 0 aliphatic heterocycles. The molecule has 4 nitrogen and oxygen atoms in total. The van der Waals surface area contributed by atoms with Gasteiger partial charge in [-0.05, 0) is 73.1 Å². The molecular weight excluding hydrogens is 471 g/mol. The zero-order valence-electron chi connectivity index (χ0n) is 19.4. The standard InChI is InChI=1S/C28H28Cl2O4/c1-3-32-27-16-28(24(30)15-19(27)17-31)34-26-12-11-22-21(8-4-9-23(22)26)20-7-5-10-25(18(20)2)33-14-6-13-29/h4-5,7-10,15-17,26H,3,6,11-14H2,1-2H3. The van der Waals surface area contributed by atoms with E-state index in [-0.39, 0.29) is 6.10 Å². The first-order valence-electron chi connectivity index (χ1n) is 11.6. The second-order valence-electron chi connectivity index (χ2n) is 8.21. The van der Waals surface area contributed by atoms with Crippen LogP contribution in [-0.4, -0.2) is 25.4 Å². The van der Waals surface area contributed by atoms with E-state index in [4.69, 9.17) is 37.4 Å². The lowest BCUT2D eigenvalue weighted by atomic mass is 9.93. The third-order valence-corrected chi connectivity index (χ3v) is 6.65. The Bertz CT molecular complexity index is 1180. The number of hydrogen-bond acceptors (Lipinski definition) is 4. The molecular formula is C28H28Cl2O4. The van der Waals surface area contributed by atoms with E-state index in [1.165, 1.54) is 11.1 Å². The number of halogens is 2. The third-order valence-electron chi connectivity index (χ3n) is 6.09. The molecule has 3 aromatic carbocycles. The fourth-order valence-electron chi connectivity index (χ4n) is 4.46. The Hall–Kier alpha value is -2.69. The predicted octanol–water partition coefficient (Wildman–Crippen LogP) is 7.60. The van der Waals surface area contributed by atoms with E-state index in [1.54, 1.807) is 12.1 Å². The van der Waals surface area contributed by atoms with Gasteiger partial charge >= 0.3 is 0 Å². The normalized spacial score (nSPS) is 14.5. The van der Waals surface area contributed by atoms with Crippen molar-refractivity contribution in [2.75, 3.05) is 19.1 Å². The van der Waals surface area contributed by atoms with Crippen LogP contribution < -0.4 is 14.2 Å². The van der Waals surface area contributed by atoms with E-state index in [2.05, 4.69) is 31.2 Å². The maximum absolute atomic E-state index is 11.4. The van der Waals surface area contributed by atoms with Gasteiger partial charge in [-0.1, -0.05) is 41.9 Å². The Morgan fingerprint density at radius 2 is 1.82 bits per heavy atom. The summed E-state index contributed by atoms with van der Waals surface area (Å²) in [6.45, 7) is 5.02. The van der Waals surface area contributed by atoms with E-state index in [0.29, 0.717) is 41.2 Å². The lowest BCUT2D eigenvalue weighted by Gasteiger charge is -2.19. The second kappa shape index (κ2) is 11.2. The molecule has 0 N–H and O–H groups in total. The SMILES string of the molecule is CCOc1cc(OC2CCc3c(-c4cccc(OCCCCl)c4C)cccc32)c(Cl)cc1C=O. The quantitative estimate of drug-likeness (QED) is 0.164. The highest BCUT2D eigenvalue weighted by atomic mass is 35.5. The van der Waals surface area contributed by atoms with E-state index in [1.807, 2.05) is 19.1 Å². The fraction of sp³-hybridized carbons (Fsp3) is 0.321. The number of rotatable bonds is 10. The van der Waals surface area contributed by atoms with Crippen LogP contribution in [0.1, 0.15) is 52.9 Å². The van der Waals surface area contributed by atoms with Crippen LogP contribution in [0, 0.1) is 6.92 Å². The van der Waals surface area contributed by atoms with Crippen LogP contribution in [0.15, 0.2) is 48.5 Å². The number of benzene rings is 3. The van der Waals surface area contributed by atoms with E-state index in [9.17, 15) is 4.79 Å². The lowest BCUT2D eigenvalue weighted by Crippen LogP contribution is -2.05. The highest BCUT2D eigenvalue weighted by molar-refractivity contribution is 6.32. The van der Waals surface area contributed by atoms with Crippen LogP contribution in [0.4, 0.5) is 0 Å². The predicted molar refractivity (Wildman–Crippen MR) is 137 cm³/mol. The molecule has 1 atom stereocenters. The van der Waals surface area contributed by atoms with Gasteiger partial charge in [-0.25, -0.2) is 0 Å². The van der Waals surface area contributed by atoms with E-state index >= 15 is 0 Å². The Labute approximate surface area is 210 Å².